The fourth-order valence-electron chi connectivity index (χ4n) is 1.66. The quantitative estimate of drug-likeness (QED) is 0.679. The van der Waals surface area contributed by atoms with E-state index in [9.17, 15) is 18.0 Å². The Morgan fingerprint density at radius 1 is 1.29 bits per heavy atom. The Morgan fingerprint density at radius 2 is 1.76 bits per heavy atom. The molecule has 0 N–H and O–H groups in total. The highest BCUT2D eigenvalue weighted by Gasteiger charge is 2.36. The van der Waals surface area contributed by atoms with Gasteiger partial charge in [-0.05, 0) is 12.8 Å². The van der Waals surface area contributed by atoms with Crippen LogP contribution in [0.5, 0.6) is 0 Å². The fourth-order valence-corrected chi connectivity index (χ4v) is 1.79. The van der Waals surface area contributed by atoms with Crippen molar-refractivity contribution in [1.29, 1.82) is 0 Å². The van der Waals surface area contributed by atoms with Crippen LogP contribution in [0.15, 0.2) is 0 Å². The predicted octanol–water partition coefficient (Wildman–Crippen LogP) is 3.44. The number of amides is 1. The number of carbonyl (C=O) groups is 1. The molecular formula is C11H19ClF3NO. The molecule has 0 fully saturated rings. The molecule has 2 nitrogen and oxygen atoms in total. The van der Waals surface area contributed by atoms with Gasteiger partial charge in [-0.3, -0.25) is 4.79 Å². The number of halogens is 4. The highest BCUT2D eigenvalue weighted by atomic mass is 35.5. The van der Waals surface area contributed by atoms with Crippen LogP contribution in [0.1, 0.15) is 33.6 Å². The van der Waals surface area contributed by atoms with Crippen LogP contribution in [0.3, 0.4) is 0 Å². The van der Waals surface area contributed by atoms with E-state index in [-0.39, 0.29) is 11.9 Å². The Morgan fingerprint density at radius 3 is 2.06 bits per heavy atom. The largest absolute Gasteiger partial charge is 0.406 e. The summed E-state index contributed by atoms with van der Waals surface area (Å²) in [6.07, 6.45) is -3.36. The maximum absolute atomic E-state index is 12.4. The number of alkyl halides is 4. The lowest BCUT2D eigenvalue weighted by molar-refractivity contribution is -0.168. The molecule has 0 spiro atoms. The summed E-state index contributed by atoms with van der Waals surface area (Å²) < 4.78 is 37.3. The summed E-state index contributed by atoms with van der Waals surface area (Å²) in [7, 11) is 0. The standard InChI is InChI=1S/C11H19ClF3NO/c1-4-9(5-2)16(7-11(13,14)15)10(17)8(3)6-12/h8-9H,4-7H2,1-3H3. The first-order valence-electron chi connectivity index (χ1n) is 5.69. The van der Waals surface area contributed by atoms with E-state index in [2.05, 4.69) is 0 Å². The third-order valence-corrected chi connectivity index (χ3v) is 3.13. The minimum atomic E-state index is -4.37. The van der Waals surface area contributed by atoms with Crippen LogP contribution in [0.4, 0.5) is 13.2 Å². The molecule has 0 aliphatic carbocycles. The lowest BCUT2D eigenvalue weighted by Crippen LogP contribution is -2.47. The molecule has 0 saturated carbocycles. The number of carbonyl (C=O) groups excluding carboxylic acids is 1. The van der Waals surface area contributed by atoms with Crippen LogP contribution in [0, 0.1) is 5.92 Å². The van der Waals surface area contributed by atoms with Crippen LogP contribution in [-0.2, 0) is 4.79 Å². The van der Waals surface area contributed by atoms with E-state index in [0.717, 1.165) is 4.90 Å². The molecule has 0 heterocycles. The molecule has 0 aliphatic rings. The summed E-state index contributed by atoms with van der Waals surface area (Å²) >= 11 is 5.52. The van der Waals surface area contributed by atoms with Gasteiger partial charge in [0.1, 0.15) is 6.54 Å². The van der Waals surface area contributed by atoms with Crippen molar-refractivity contribution in [2.75, 3.05) is 12.4 Å². The smallest absolute Gasteiger partial charge is 0.330 e. The first-order valence-corrected chi connectivity index (χ1v) is 6.23. The average Bonchev–Trinajstić information content (AvgIpc) is 2.25. The van der Waals surface area contributed by atoms with Crippen LogP contribution >= 0.6 is 11.6 Å². The normalized spacial score (nSPS) is 13.9. The third kappa shape index (κ3) is 5.61. The molecule has 0 saturated heterocycles. The second kappa shape index (κ2) is 7.09. The fraction of sp³-hybridized carbons (Fsp3) is 0.909. The van der Waals surface area contributed by atoms with Gasteiger partial charge in [0.2, 0.25) is 5.91 Å². The van der Waals surface area contributed by atoms with Crippen molar-refractivity contribution in [2.24, 2.45) is 5.92 Å². The number of hydrogen-bond acceptors (Lipinski definition) is 1. The molecular weight excluding hydrogens is 255 g/mol. The molecule has 1 amide bonds. The van der Waals surface area contributed by atoms with E-state index in [4.69, 9.17) is 11.6 Å². The van der Waals surface area contributed by atoms with Crippen molar-refractivity contribution >= 4 is 17.5 Å². The zero-order chi connectivity index (χ0) is 13.6. The topological polar surface area (TPSA) is 20.3 Å². The molecule has 0 aromatic rings. The highest BCUT2D eigenvalue weighted by Crippen LogP contribution is 2.22. The lowest BCUT2D eigenvalue weighted by Gasteiger charge is -2.33. The molecule has 0 aromatic carbocycles. The van der Waals surface area contributed by atoms with E-state index >= 15 is 0 Å². The highest BCUT2D eigenvalue weighted by molar-refractivity contribution is 6.19. The van der Waals surface area contributed by atoms with Crippen molar-refractivity contribution < 1.29 is 18.0 Å². The summed E-state index contributed by atoms with van der Waals surface area (Å²) in [5.41, 5.74) is 0. The number of hydrogen-bond donors (Lipinski definition) is 0. The zero-order valence-electron chi connectivity index (χ0n) is 10.4. The maximum Gasteiger partial charge on any atom is 0.406 e. The lowest BCUT2D eigenvalue weighted by atomic mass is 10.1. The first kappa shape index (κ1) is 16.6. The van der Waals surface area contributed by atoms with Crippen LogP contribution < -0.4 is 0 Å². The molecule has 102 valence electrons. The van der Waals surface area contributed by atoms with Crippen molar-refractivity contribution in [3.8, 4) is 0 Å². The van der Waals surface area contributed by atoms with Crippen LogP contribution in [-0.4, -0.2) is 35.4 Å². The molecule has 1 atom stereocenters. The van der Waals surface area contributed by atoms with Crippen molar-refractivity contribution in [1.82, 2.24) is 4.90 Å². The van der Waals surface area contributed by atoms with E-state index in [1.54, 1.807) is 20.8 Å². The van der Waals surface area contributed by atoms with Gasteiger partial charge in [0.15, 0.2) is 0 Å². The van der Waals surface area contributed by atoms with Gasteiger partial charge in [-0.15, -0.1) is 11.6 Å². The van der Waals surface area contributed by atoms with Gasteiger partial charge >= 0.3 is 6.18 Å². The number of rotatable bonds is 6. The maximum atomic E-state index is 12.4. The monoisotopic (exact) mass is 273 g/mol. The van der Waals surface area contributed by atoms with E-state index < -0.39 is 24.5 Å². The second-order valence-corrected chi connectivity index (χ2v) is 4.42. The van der Waals surface area contributed by atoms with Crippen molar-refractivity contribution in [3.05, 3.63) is 0 Å². The Hall–Kier alpha value is -0.450. The van der Waals surface area contributed by atoms with Crippen molar-refractivity contribution in [3.63, 3.8) is 0 Å². The summed E-state index contributed by atoms with van der Waals surface area (Å²) in [5, 5.41) is 0. The first-order chi connectivity index (χ1) is 7.76. The SMILES string of the molecule is CCC(CC)N(CC(F)(F)F)C(=O)C(C)CCl. The van der Waals surface area contributed by atoms with Crippen molar-refractivity contribution in [2.45, 2.75) is 45.8 Å². The van der Waals surface area contributed by atoms with E-state index in [1.807, 2.05) is 0 Å². The Labute approximate surface area is 105 Å². The van der Waals surface area contributed by atoms with Gasteiger partial charge in [0, 0.05) is 17.8 Å². The Kier molecular flexibility index (Phi) is 6.90. The van der Waals surface area contributed by atoms with Crippen LogP contribution in [0.2, 0.25) is 0 Å². The van der Waals surface area contributed by atoms with Gasteiger partial charge in [0.05, 0.1) is 0 Å². The molecule has 17 heavy (non-hydrogen) atoms. The van der Waals surface area contributed by atoms with Gasteiger partial charge in [-0.1, -0.05) is 20.8 Å². The molecule has 0 aliphatic heterocycles. The zero-order valence-corrected chi connectivity index (χ0v) is 11.1. The number of nitrogens with zero attached hydrogens (tertiary/aromatic N) is 1. The Balaban J connectivity index is 4.90. The molecule has 0 radical (unpaired) electrons. The minimum Gasteiger partial charge on any atom is -0.330 e. The summed E-state index contributed by atoms with van der Waals surface area (Å²) in [6.45, 7) is 3.90. The average molecular weight is 274 g/mol. The molecule has 1 unspecified atom stereocenters. The van der Waals surface area contributed by atoms with Gasteiger partial charge in [0.25, 0.3) is 0 Å². The Bertz CT molecular complexity index is 241. The molecule has 0 aromatic heterocycles. The van der Waals surface area contributed by atoms with Crippen LogP contribution in [0.25, 0.3) is 0 Å². The van der Waals surface area contributed by atoms with E-state index in [0.29, 0.717) is 12.8 Å². The second-order valence-electron chi connectivity index (χ2n) is 4.11. The minimum absolute atomic E-state index is 0.0351. The third-order valence-electron chi connectivity index (χ3n) is 2.67. The molecule has 0 rings (SSSR count). The molecule has 0 bridgehead atoms. The molecule has 6 heteroatoms. The summed E-state index contributed by atoms with van der Waals surface area (Å²) in [6, 6.07) is -0.380. The van der Waals surface area contributed by atoms with E-state index in [1.165, 1.54) is 0 Å². The summed E-state index contributed by atoms with van der Waals surface area (Å²) in [4.78, 5) is 12.8. The van der Waals surface area contributed by atoms with Gasteiger partial charge < -0.3 is 4.90 Å². The predicted molar refractivity (Wildman–Crippen MR) is 62.0 cm³/mol. The van der Waals surface area contributed by atoms with Gasteiger partial charge in [-0.2, -0.15) is 13.2 Å². The van der Waals surface area contributed by atoms with Gasteiger partial charge in [-0.25, -0.2) is 0 Å². The summed E-state index contributed by atoms with van der Waals surface area (Å²) in [5.74, 6) is -1.07.